The third-order valence-corrected chi connectivity index (χ3v) is 7.14. The van der Waals surface area contributed by atoms with E-state index in [9.17, 15) is 9.59 Å². The van der Waals surface area contributed by atoms with E-state index in [1.165, 1.54) is 0 Å². The molecule has 4 nitrogen and oxygen atoms in total. The zero-order valence-electron chi connectivity index (χ0n) is 18.8. The Bertz CT molecular complexity index is 865. The minimum atomic E-state index is -0.114. The zero-order chi connectivity index (χ0) is 21.8. The molecule has 2 saturated carbocycles. The van der Waals surface area contributed by atoms with Crippen molar-refractivity contribution in [3.05, 3.63) is 41.2 Å². The Morgan fingerprint density at radius 1 is 0.774 bits per heavy atom. The lowest BCUT2D eigenvalue weighted by atomic mass is 9.83. The molecule has 0 N–H and O–H groups in total. The van der Waals surface area contributed by atoms with Gasteiger partial charge in [-0.05, 0) is 92.5 Å². The number of carbonyl (C=O) groups excluding carboxylic acids is 2. The number of benzene rings is 1. The lowest BCUT2D eigenvalue weighted by molar-refractivity contribution is -0.145. The van der Waals surface area contributed by atoms with E-state index in [0.29, 0.717) is 29.8 Å². The number of allylic oxidation sites excluding steroid dienone is 1. The van der Waals surface area contributed by atoms with Crippen LogP contribution in [0.4, 0.5) is 0 Å². The molecule has 0 saturated heterocycles. The molecule has 0 aliphatic heterocycles. The van der Waals surface area contributed by atoms with Crippen molar-refractivity contribution in [2.75, 3.05) is 0 Å². The molecule has 4 heteroatoms. The van der Waals surface area contributed by atoms with E-state index < -0.39 is 0 Å². The van der Waals surface area contributed by atoms with Crippen LogP contribution in [0, 0.1) is 23.7 Å². The Morgan fingerprint density at radius 3 is 1.97 bits per heavy atom. The summed E-state index contributed by atoms with van der Waals surface area (Å²) < 4.78 is 11.5. The van der Waals surface area contributed by atoms with Gasteiger partial charge in [-0.25, -0.2) is 0 Å². The molecular weight excluding hydrogens is 388 g/mol. The van der Waals surface area contributed by atoms with Gasteiger partial charge in [-0.15, -0.1) is 0 Å². The summed E-state index contributed by atoms with van der Waals surface area (Å²) in [4.78, 5) is 25.1. The molecule has 3 aliphatic rings. The molecule has 0 aromatic heterocycles. The van der Waals surface area contributed by atoms with Crippen LogP contribution in [0.1, 0.15) is 82.8 Å². The standard InChI is InChI=1S/C27H34O4/c1-18-6-10-20(11-7-18)26(28)30-24-5-3-4-22-16-25(15-14-23(22)17-24)31-27(29)21-12-8-19(2)9-13-21/h3-4,14-21H,5-13H2,1-2H3. The van der Waals surface area contributed by atoms with Gasteiger partial charge in [0.25, 0.3) is 0 Å². The van der Waals surface area contributed by atoms with Crippen molar-refractivity contribution < 1.29 is 19.1 Å². The molecule has 0 radical (unpaired) electrons. The summed E-state index contributed by atoms with van der Waals surface area (Å²) in [6.45, 7) is 4.49. The summed E-state index contributed by atoms with van der Waals surface area (Å²) in [5, 5.41) is 0. The Balaban J connectivity index is 1.39. The molecule has 0 atom stereocenters. The summed E-state index contributed by atoms with van der Waals surface area (Å²) in [6, 6.07) is 5.67. The molecule has 0 spiro atoms. The summed E-state index contributed by atoms with van der Waals surface area (Å²) in [6.07, 6.45) is 14.6. The Labute approximate surface area is 185 Å². The fourth-order valence-electron chi connectivity index (χ4n) is 4.90. The van der Waals surface area contributed by atoms with Crippen LogP contribution in [0.25, 0.3) is 12.2 Å². The monoisotopic (exact) mass is 422 g/mol. The molecular formula is C27H34O4. The maximum absolute atomic E-state index is 12.6. The van der Waals surface area contributed by atoms with Gasteiger partial charge in [0.2, 0.25) is 0 Å². The number of hydrogen-bond acceptors (Lipinski definition) is 4. The summed E-state index contributed by atoms with van der Waals surface area (Å²) in [7, 11) is 0. The van der Waals surface area contributed by atoms with E-state index in [1.807, 2.05) is 36.4 Å². The van der Waals surface area contributed by atoms with Gasteiger partial charge in [-0.3, -0.25) is 9.59 Å². The molecule has 31 heavy (non-hydrogen) atoms. The SMILES string of the molecule is CC1CCC(C(=O)OC2=Cc3ccc(OC(=O)C4CCC(C)CC4)cc3C=CC2)CC1. The van der Waals surface area contributed by atoms with Crippen LogP contribution in [0.5, 0.6) is 5.75 Å². The predicted molar refractivity (Wildman–Crippen MR) is 122 cm³/mol. The summed E-state index contributed by atoms with van der Waals surface area (Å²) >= 11 is 0. The first kappa shape index (κ1) is 21.9. The van der Waals surface area contributed by atoms with Gasteiger partial charge < -0.3 is 9.47 Å². The van der Waals surface area contributed by atoms with E-state index in [0.717, 1.165) is 62.5 Å². The maximum atomic E-state index is 12.6. The Morgan fingerprint density at radius 2 is 1.35 bits per heavy atom. The molecule has 1 aromatic carbocycles. The normalized spacial score (nSPS) is 28.1. The predicted octanol–water partition coefficient (Wildman–Crippen LogP) is 6.55. The molecule has 0 amide bonds. The van der Waals surface area contributed by atoms with Crippen molar-refractivity contribution in [3.63, 3.8) is 0 Å². The minimum absolute atomic E-state index is 0.0132. The van der Waals surface area contributed by atoms with Crippen LogP contribution >= 0.6 is 0 Å². The van der Waals surface area contributed by atoms with Gasteiger partial charge in [0.05, 0.1) is 11.8 Å². The second kappa shape index (κ2) is 9.84. The molecule has 0 heterocycles. The molecule has 166 valence electrons. The van der Waals surface area contributed by atoms with Crippen molar-refractivity contribution in [2.45, 2.75) is 71.6 Å². The van der Waals surface area contributed by atoms with E-state index in [-0.39, 0.29) is 23.8 Å². The molecule has 0 unspecified atom stereocenters. The number of fused-ring (bicyclic) bond motifs is 1. The second-order valence-corrected chi connectivity index (χ2v) is 9.76. The molecule has 0 bridgehead atoms. The van der Waals surface area contributed by atoms with Gasteiger partial charge in [-0.1, -0.05) is 32.1 Å². The van der Waals surface area contributed by atoms with E-state index in [4.69, 9.17) is 9.47 Å². The van der Waals surface area contributed by atoms with Gasteiger partial charge in [-0.2, -0.15) is 0 Å². The first-order valence-electron chi connectivity index (χ1n) is 11.9. The van der Waals surface area contributed by atoms with Crippen LogP contribution in [0.2, 0.25) is 0 Å². The number of rotatable bonds is 4. The first-order valence-corrected chi connectivity index (χ1v) is 11.9. The average molecular weight is 423 g/mol. The van der Waals surface area contributed by atoms with Gasteiger partial charge in [0.15, 0.2) is 0 Å². The highest BCUT2D eigenvalue weighted by Gasteiger charge is 2.27. The highest BCUT2D eigenvalue weighted by molar-refractivity contribution is 5.78. The molecule has 4 rings (SSSR count). The van der Waals surface area contributed by atoms with Gasteiger partial charge >= 0.3 is 11.9 Å². The summed E-state index contributed by atoms with van der Waals surface area (Å²) in [5.74, 6) is 2.50. The smallest absolute Gasteiger partial charge is 0.314 e. The third kappa shape index (κ3) is 5.66. The molecule has 3 aliphatic carbocycles. The number of hydrogen-bond donors (Lipinski definition) is 0. The van der Waals surface area contributed by atoms with Crippen LogP contribution in [0.15, 0.2) is 30.0 Å². The lowest BCUT2D eigenvalue weighted by Gasteiger charge is -2.24. The third-order valence-electron chi connectivity index (χ3n) is 7.14. The minimum Gasteiger partial charge on any atom is -0.431 e. The van der Waals surface area contributed by atoms with Crippen LogP contribution in [0.3, 0.4) is 0 Å². The van der Waals surface area contributed by atoms with Gasteiger partial charge in [0, 0.05) is 6.42 Å². The number of carbonyl (C=O) groups is 2. The Kier molecular flexibility index (Phi) is 6.94. The highest BCUT2D eigenvalue weighted by Crippen LogP contribution is 2.32. The molecule has 2 fully saturated rings. The van der Waals surface area contributed by atoms with Crippen LogP contribution < -0.4 is 4.74 Å². The van der Waals surface area contributed by atoms with Crippen LogP contribution in [-0.4, -0.2) is 11.9 Å². The van der Waals surface area contributed by atoms with Gasteiger partial charge in [0.1, 0.15) is 11.5 Å². The van der Waals surface area contributed by atoms with Crippen molar-refractivity contribution in [3.8, 4) is 5.75 Å². The van der Waals surface area contributed by atoms with E-state index in [1.54, 1.807) is 0 Å². The molecule has 1 aromatic rings. The topological polar surface area (TPSA) is 52.6 Å². The maximum Gasteiger partial charge on any atom is 0.314 e. The lowest BCUT2D eigenvalue weighted by Crippen LogP contribution is -2.25. The average Bonchev–Trinajstić information content (AvgIpc) is 2.96. The highest BCUT2D eigenvalue weighted by atomic mass is 16.5. The van der Waals surface area contributed by atoms with E-state index >= 15 is 0 Å². The zero-order valence-corrected chi connectivity index (χ0v) is 18.8. The van der Waals surface area contributed by atoms with Crippen molar-refractivity contribution in [1.29, 1.82) is 0 Å². The quantitative estimate of drug-likeness (QED) is 0.408. The first-order chi connectivity index (χ1) is 15.0. The van der Waals surface area contributed by atoms with Crippen molar-refractivity contribution >= 4 is 24.1 Å². The largest absolute Gasteiger partial charge is 0.431 e. The van der Waals surface area contributed by atoms with Crippen molar-refractivity contribution in [2.24, 2.45) is 23.7 Å². The fourth-order valence-corrected chi connectivity index (χ4v) is 4.90. The Hall–Kier alpha value is -2.36. The van der Waals surface area contributed by atoms with Crippen molar-refractivity contribution in [1.82, 2.24) is 0 Å². The number of esters is 2. The summed E-state index contributed by atoms with van der Waals surface area (Å²) in [5.41, 5.74) is 1.94. The fraction of sp³-hybridized carbons (Fsp3) is 0.556. The van der Waals surface area contributed by atoms with E-state index in [2.05, 4.69) is 13.8 Å². The number of ether oxygens (including phenoxy) is 2. The van der Waals surface area contributed by atoms with Crippen LogP contribution in [-0.2, 0) is 14.3 Å². The second-order valence-electron chi connectivity index (χ2n) is 9.76.